The van der Waals surface area contributed by atoms with E-state index in [1.807, 2.05) is 0 Å². The largest absolute Gasteiger partial charge is 0.573 e. The van der Waals surface area contributed by atoms with Crippen LogP contribution in [0.3, 0.4) is 0 Å². The number of amides is 2. The quantitative estimate of drug-likeness (QED) is 0.895. The Balaban J connectivity index is 1.72. The predicted octanol–water partition coefficient (Wildman–Crippen LogP) is 3.68. The normalized spacial score (nSPS) is 15.1. The van der Waals surface area contributed by atoms with Gasteiger partial charge < -0.3 is 19.9 Å². The SMILES string of the molecule is Cc1cc2[nH]c(CNC(=O)N3CCCC3)cc2cc1OC(F)(F)F. The lowest BCUT2D eigenvalue weighted by molar-refractivity contribution is -0.274. The van der Waals surface area contributed by atoms with E-state index in [2.05, 4.69) is 15.0 Å². The van der Waals surface area contributed by atoms with Gasteiger partial charge in [-0.2, -0.15) is 0 Å². The minimum atomic E-state index is -4.72. The highest BCUT2D eigenvalue weighted by Crippen LogP contribution is 2.30. The van der Waals surface area contributed by atoms with Gasteiger partial charge >= 0.3 is 12.4 Å². The molecule has 2 amide bonds. The maximum Gasteiger partial charge on any atom is 0.573 e. The number of nitrogens with zero attached hydrogens (tertiary/aromatic N) is 1. The van der Waals surface area contributed by atoms with E-state index in [1.54, 1.807) is 24.0 Å². The lowest BCUT2D eigenvalue weighted by atomic mass is 10.1. The van der Waals surface area contributed by atoms with Gasteiger partial charge in [0.1, 0.15) is 5.75 Å². The van der Waals surface area contributed by atoms with Crippen molar-refractivity contribution >= 4 is 16.9 Å². The van der Waals surface area contributed by atoms with Crippen molar-refractivity contribution in [1.29, 1.82) is 0 Å². The Morgan fingerprint density at radius 1 is 1.29 bits per heavy atom. The smallest absolute Gasteiger partial charge is 0.405 e. The highest BCUT2D eigenvalue weighted by atomic mass is 19.4. The van der Waals surface area contributed by atoms with Crippen LogP contribution in [-0.4, -0.2) is 35.4 Å². The average Bonchev–Trinajstić information content (AvgIpc) is 3.12. The van der Waals surface area contributed by atoms with Crippen LogP contribution in [0.5, 0.6) is 5.75 Å². The molecule has 0 unspecified atom stereocenters. The van der Waals surface area contributed by atoms with Crippen LogP contribution in [-0.2, 0) is 6.54 Å². The third kappa shape index (κ3) is 3.74. The molecule has 1 saturated heterocycles. The lowest BCUT2D eigenvalue weighted by Gasteiger charge is -2.15. The first-order valence-corrected chi connectivity index (χ1v) is 7.72. The maximum atomic E-state index is 12.4. The molecule has 130 valence electrons. The van der Waals surface area contributed by atoms with Crippen LogP contribution in [0, 0.1) is 6.92 Å². The van der Waals surface area contributed by atoms with Crippen molar-refractivity contribution < 1.29 is 22.7 Å². The van der Waals surface area contributed by atoms with Gasteiger partial charge in [0.05, 0.1) is 6.54 Å². The number of ether oxygens (including phenoxy) is 1. The van der Waals surface area contributed by atoms with E-state index in [4.69, 9.17) is 0 Å². The van der Waals surface area contributed by atoms with Crippen LogP contribution in [0.4, 0.5) is 18.0 Å². The number of hydrogen-bond donors (Lipinski definition) is 2. The molecule has 24 heavy (non-hydrogen) atoms. The molecule has 2 N–H and O–H groups in total. The van der Waals surface area contributed by atoms with E-state index in [1.165, 1.54) is 6.07 Å². The molecule has 2 heterocycles. The first-order chi connectivity index (χ1) is 11.3. The second-order valence-electron chi connectivity index (χ2n) is 5.90. The molecule has 1 fully saturated rings. The van der Waals surface area contributed by atoms with Gasteiger partial charge in [-0.25, -0.2) is 4.79 Å². The number of benzene rings is 1. The van der Waals surface area contributed by atoms with Crippen LogP contribution in [0.2, 0.25) is 0 Å². The molecular weight excluding hydrogens is 323 g/mol. The van der Waals surface area contributed by atoms with Crippen molar-refractivity contribution in [3.63, 3.8) is 0 Å². The zero-order valence-electron chi connectivity index (χ0n) is 13.2. The third-order valence-corrected chi connectivity index (χ3v) is 4.02. The number of rotatable bonds is 3. The van der Waals surface area contributed by atoms with E-state index in [-0.39, 0.29) is 11.8 Å². The number of carbonyl (C=O) groups is 1. The zero-order valence-corrected chi connectivity index (χ0v) is 13.2. The minimum Gasteiger partial charge on any atom is -0.405 e. The molecule has 2 aromatic rings. The number of fused-ring (bicyclic) bond motifs is 1. The van der Waals surface area contributed by atoms with E-state index >= 15 is 0 Å². The number of likely N-dealkylation sites (tertiary alicyclic amines) is 1. The molecule has 0 aliphatic carbocycles. The van der Waals surface area contributed by atoms with Crippen LogP contribution in [0.1, 0.15) is 24.1 Å². The summed E-state index contributed by atoms with van der Waals surface area (Å²) in [4.78, 5) is 16.8. The average molecular weight is 341 g/mol. The van der Waals surface area contributed by atoms with Crippen molar-refractivity contribution in [1.82, 2.24) is 15.2 Å². The van der Waals surface area contributed by atoms with E-state index < -0.39 is 6.36 Å². The van der Waals surface area contributed by atoms with Crippen molar-refractivity contribution in [3.05, 3.63) is 29.5 Å². The van der Waals surface area contributed by atoms with Gasteiger partial charge in [-0.1, -0.05) is 0 Å². The minimum absolute atomic E-state index is 0.122. The van der Waals surface area contributed by atoms with E-state index in [0.717, 1.165) is 31.6 Å². The third-order valence-electron chi connectivity index (χ3n) is 4.02. The Bertz CT molecular complexity index is 749. The fourth-order valence-electron chi connectivity index (χ4n) is 2.86. The van der Waals surface area contributed by atoms with Crippen molar-refractivity contribution in [3.8, 4) is 5.75 Å². The monoisotopic (exact) mass is 341 g/mol. The summed E-state index contributed by atoms with van der Waals surface area (Å²) < 4.78 is 41.2. The number of alkyl halides is 3. The number of aromatic amines is 1. The van der Waals surface area contributed by atoms with Crippen molar-refractivity contribution in [2.45, 2.75) is 32.7 Å². The molecule has 0 saturated carbocycles. The van der Waals surface area contributed by atoms with Crippen LogP contribution in [0.25, 0.3) is 10.9 Å². The molecule has 0 bridgehead atoms. The summed E-state index contributed by atoms with van der Waals surface area (Å²) in [5.41, 5.74) is 1.81. The van der Waals surface area contributed by atoms with Gasteiger partial charge in [0, 0.05) is 29.7 Å². The lowest BCUT2D eigenvalue weighted by Crippen LogP contribution is -2.37. The van der Waals surface area contributed by atoms with Gasteiger partial charge in [-0.15, -0.1) is 13.2 Å². The molecule has 1 aromatic heterocycles. The standard InChI is InChI=1S/C16H18F3N3O2/c1-10-6-13-11(8-14(10)24-16(17,18)19)7-12(21-13)9-20-15(23)22-4-2-3-5-22/h6-8,21H,2-5,9H2,1H3,(H,20,23). The number of urea groups is 1. The van der Waals surface area contributed by atoms with Gasteiger partial charge in [-0.3, -0.25) is 0 Å². The Hall–Kier alpha value is -2.38. The summed E-state index contributed by atoms with van der Waals surface area (Å²) in [6.07, 6.45) is -2.69. The van der Waals surface area contributed by atoms with Gasteiger partial charge in [0.25, 0.3) is 0 Å². The number of nitrogens with one attached hydrogen (secondary N) is 2. The van der Waals surface area contributed by atoms with Gasteiger partial charge in [-0.05, 0) is 43.5 Å². The first-order valence-electron chi connectivity index (χ1n) is 7.72. The number of halogens is 3. The molecule has 1 aliphatic rings. The van der Waals surface area contributed by atoms with Gasteiger partial charge in [0.15, 0.2) is 0 Å². The highest BCUT2D eigenvalue weighted by Gasteiger charge is 2.31. The zero-order chi connectivity index (χ0) is 17.3. The van der Waals surface area contributed by atoms with Crippen molar-refractivity contribution in [2.24, 2.45) is 0 Å². The maximum absolute atomic E-state index is 12.4. The Kier molecular flexibility index (Phi) is 4.29. The van der Waals surface area contributed by atoms with Crippen LogP contribution >= 0.6 is 0 Å². The van der Waals surface area contributed by atoms with E-state index in [9.17, 15) is 18.0 Å². The Labute approximate surface area is 136 Å². The number of carbonyl (C=O) groups excluding carboxylic acids is 1. The molecule has 1 aromatic carbocycles. The number of aromatic nitrogens is 1. The Morgan fingerprint density at radius 2 is 2.00 bits per heavy atom. The number of H-pyrrole nitrogens is 1. The summed E-state index contributed by atoms with van der Waals surface area (Å²) in [6, 6.07) is 4.54. The summed E-state index contributed by atoms with van der Waals surface area (Å²) in [7, 11) is 0. The summed E-state index contributed by atoms with van der Waals surface area (Å²) in [5.74, 6) is -0.221. The predicted molar refractivity (Wildman–Crippen MR) is 82.8 cm³/mol. The molecule has 8 heteroatoms. The molecule has 1 aliphatic heterocycles. The molecule has 5 nitrogen and oxygen atoms in total. The molecular formula is C16H18F3N3O2. The summed E-state index contributed by atoms with van der Waals surface area (Å²) in [6.45, 7) is 3.36. The number of aryl methyl sites for hydroxylation is 1. The topological polar surface area (TPSA) is 57.4 Å². The first kappa shape index (κ1) is 16.5. The molecule has 0 atom stereocenters. The van der Waals surface area contributed by atoms with E-state index in [0.29, 0.717) is 23.0 Å². The van der Waals surface area contributed by atoms with Crippen molar-refractivity contribution in [2.75, 3.05) is 13.1 Å². The fourth-order valence-corrected chi connectivity index (χ4v) is 2.86. The second-order valence-corrected chi connectivity index (χ2v) is 5.90. The summed E-state index contributed by atoms with van der Waals surface area (Å²) in [5, 5.41) is 3.42. The fraction of sp³-hybridized carbons (Fsp3) is 0.438. The Morgan fingerprint density at radius 3 is 2.67 bits per heavy atom. The second kappa shape index (κ2) is 6.26. The van der Waals surface area contributed by atoms with Gasteiger partial charge in [0.2, 0.25) is 0 Å². The summed E-state index contributed by atoms with van der Waals surface area (Å²) >= 11 is 0. The van der Waals surface area contributed by atoms with Crippen LogP contribution < -0.4 is 10.1 Å². The van der Waals surface area contributed by atoms with Crippen LogP contribution in [0.15, 0.2) is 18.2 Å². The number of hydrogen-bond acceptors (Lipinski definition) is 2. The molecule has 0 spiro atoms. The molecule has 0 radical (unpaired) electrons. The highest BCUT2D eigenvalue weighted by molar-refractivity contribution is 5.83. The molecule has 3 rings (SSSR count).